The summed E-state index contributed by atoms with van der Waals surface area (Å²) in [6.07, 6.45) is 4.06. The molecule has 1 aliphatic heterocycles. The highest BCUT2D eigenvalue weighted by Crippen LogP contribution is 2.21. The van der Waals surface area contributed by atoms with Crippen molar-refractivity contribution in [1.29, 1.82) is 0 Å². The summed E-state index contributed by atoms with van der Waals surface area (Å²) in [5, 5.41) is 3.49. The number of carbonyl (C=O) groups excluding carboxylic acids is 1. The van der Waals surface area contributed by atoms with Gasteiger partial charge in [-0.3, -0.25) is 9.78 Å². The molecule has 0 saturated carbocycles. The third kappa shape index (κ3) is 3.38. The number of nitrogens with zero attached hydrogens (tertiary/aromatic N) is 2. The quantitative estimate of drug-likeness (QED) is 0.909. The van der Waals surface area contributed by atoms with Crippen molar-refractivity contribution in [2.45, 2.75) is 18.9 Å². The summed E-state index contributed by atoms with van der Waals surface area (Å²) < 4.78 is 0. The van der Waals surface area contributed by atoms with E-state index in [9.17, 15) is 4.79 Å². The van der Waals surface area contributed by atoms with Gasteiger partial charge in [0, 0.05) is 32.0 Å². The zero-order chi connectivity index (χ0) is 13.0. The molecular formula is C13H19N3OS. The fourth-order valence-electron chi connectivity index (χ4n) is 1.94. The second kappa shape index (κ2) is 6.09. The van der Waals surface area contributed by atoms with Gasteiger partial charge in [0.2, 0.25) is 0 Å². The fourth-order valence-corrected chi connectivity index (χ4v) is 3.05. The average molecular weight is 265 g/mol. The molecule has 0 radical (unpaired) electrons. The predicted molar refractivity (Wildman–Crippen MR) is 76.2 cm³/mol. The number of nitrogens with one attached hydrogen (secondary N) is 1. The van der Waals surface area contributed by atoms with E-state index in [0.717, 1.165) is 5.69 Å². The Bertz CT molecular complexity index is 416. The van der Waals surface area contributed by atoms with E-state index in [1.807, 2.05) is 23.9 Å². The van der Waals surface area contributed by atoms with Gasteiger partial charge in [-0.2, -0.15) is 11.8 Å². The van der Waals surface area contributed by atoms with Gasteiger partial charge in [-0.25, -0.2) is 0 Å². The lowest BCUT2D eigenvalue weighted by atomic mass is 10.1. The molecule has 5 heteroatoms. The van der Waals surface area contributed by atoms with Crippen LogP contribution in [0, 0.1) is 0 Å². The Labute approximate surface area is 112 Å². The minimum Gasteiger partial charge on any atom is -0.382 e. The van der Waals surface area contributed by atoms with Crippen LogP contribution in [-0.2, 0) is 0 Å². The summed E-state index contributed by atoms with van der Waals surface area (Å²) in [6.45, 7) is 0. The number of rotatable bonds is 3. The Kier molecular flexibility index (Phi) is 4.47. The lowest BCUT2D eigenvalue weighted by Crippen LogP contribution is -2.25. The number of amides is 1. The molecule has 0 aromatic carbocycles. The van der Waals surface area contributed by atoms with Crippen LogP contribution in [-0.4, -0.2) is 47.4 Å². The maximum Gasteiger partial charge on any atom is 0.272 e. The van der Waals surface area contributed by atoms with Gasteiger partial charge in [-0.15, -0.1) is 0 Å². The highest BCUT2D eigenvalue weighted by Gasteiger charge is 2.15. The molecule has 0 aliphatic carbocycles. The van der Waals surface area contributed by atoms with Gasteiger partial charge in [0.05, 0.1) is 0 Å². The van der Waals surface area contributed by atoms with Crippen molar-refractivity contribution in [2.75, 3.05) is 30.9 Å². The van der Waals surface area contributed by atoms with E-state index < -0.39 is 0 Å². The van der Waals surface area contributed by atoms with Crippen LogP contribution in [0.5, 0.6) is 0 Å². The first kappa shape index (κ1) is 13.2. The summed E-state index contributed by atoms with van der Waals surface area (Å²) in [7, 11) is 3.48. The SMILES string of the molecule is CN(C)C(=O)c1cc(NC2CCSCC2)ccn1. The van der Waals surface area contributed by atoms with Gasteiger partial charge in [0.15, 0.2) is 0 Å². The van der Waals surface area contributed by atoms with E-state index in [1.54, 1.807) is 25.2 Å². The van der Waals surface area contributed by atoms with Gasteiger partial charge in [0.25, 0.3) is 5.91 Å². The van der Waals surface area contributed by atoms with Gasteiger partial charge in [-0.05, 0) is 36.5 Å². The molecule has 1 fully saturated rings. The van der Waals surface area contributed by atoms with Crippen LogP contribution in [0.4, 0.5) is 5.69 Å². The highest BCUT2D eigenvalue weighted by atomic mass is 32.2. The van der Waals surface area contributed by atoms with Crippen molar-refractivity contribution in [1.82, 2.24) is 9.88 Å². The summed E-state index contributed by atoms with van der Waals surface area (Å²) in [4.78, 5) is 17.5. The third-order valence-corrected chi connectivity index (χ3v) is 4.03. The van der Waals surface area contributed by atoms with Crippen LogP contribution in [0.1, 0.15) is 23.3 Å². The van der Waals surface area contributed by atoms with E-state index in [2.05, 4.69) is 10.3 Å². The number of anilines is 1. The van der Waals surface area contributed by atoms with Crippen LogP contribution >= 0.6 is 11.8 Å². The molecule has 18 heavy (non-hydrogen) atoms. The smallest absolute Gasteiger partial charge is 0.272 e. The number of thioether (sulfide) groups is 1. The number of carbonyl (C=O) groups is 1. The lowest BCUT2D eigenvalue weighted by Gasteiger charge is -2.23. The molecule has 0 spiro atoms. The standard InChI is InChI=1S/C13H19N3OS/c1-16(2)13(17)12-9-11(3-6-14-12)15-10-4-7-18-8-5-10/h3,6,9-10H,4-5,7-8H2,1-2H3,(H,14,15). The second-order valence-electron chi connectivity index (χ2n) is 4.66. The fraction of sp³-hybridized carbons (Fsp3) is 0.538. The Morgan fingerprint density at radius 1 is 1.44 bits per heavy atom. The summed E-state index contributed by atoms with van der Waals surface area (Å²) in [5.41, 5.74) is 1.49. The minimum absolute atomic E-state index is 0.0575. The monoisotopic (exact) mass is 265 g/mol. The molecule has 0 bridgehead atoms. The Balaban J connectivity index is 2.04. The molecule has 2 heterocycles. The van der Waals surface area contributed by atoms with Gasteiger partial charge >= 0.3 is 0 Å². The topological polar surface area (TPSA) is 45.2 Å². The molecule has 1 aromatic heterocycles. The number of aromatic nitrogens is 1. The van der Waals surface area contributed by atoms with Crippen molar-refractivity contribution in [2.24, 2.45) is 0 Å². The molecular weight excluding hydrogens is 246 g/mol. The number of pyridine rings is 1. The zero-order valence-electron chi connectivity index (χ0n) is 10.8. The average Bonchev–Trinajstić information content (AvgIpc) is 2.39. The van der Waals surface area contributed by atoms with E-state index in [0.29, 0.717) is 11.7 Å². The molecule has 4 nitrogen and oxygen atoms in total. The molecule has 1 N–H and O–H groups in total. The normalized spacial score (nSPS) is 16.3. The van der Waals surface area contributed by atoms with Crippen LogP contribution in [0.3, 0.4) is 0 Å². The van der Waals surface area contributed by atoms with Crippen molar-refractivity contribution in [3.8, 4) is 0 Å². The second-order valence-corrected chi connectivity index (χ2v) is 5.89. The molecule has 1 aromatic rings. The number of hydrogen-bond acceptors (Lipinski definition) is 4. The Morgan fingerprint density at radius 2 is 2.17 bits per heavy atom. The van der Waals surface area contributed by atoms with E-state index in [4.69, 9.17) is 0 Å². The van der Waals surface area contributed by atoms with Crippen LogP contribution < -0.4 is 5.32 Å². The van der Waals surface area contributed by atoms with Gasteiger partial charge in [0.1, 0.15) is 5.69 Å². The molecule has 0 unspecified atom stereocenters. The minimum atomic E-state index is -0.0575. The maximum absolute atomic E-state index is 11.8. The summed E-state index contributed by atoms with van der Waals surface area (Å²) in [6, 6.07) is 4.29. The lowest BCUT2D eigenvalue weighted by molar-refractivity contribution is 0.0822. The Morgan fingerprint density at radius 3 is 2.83 bits per heavy atom. The molecule has 2 rings (SSSR count). The zero-order valence-corrected chi connectivity index (χ0v) is 11.7. The molecule has 98 valence electrons. The predicted octanol–water partition coefficient (Wildman–Crippen LogP) is 2.09. The molecule has 1 aliphatic rings. The molecule has 0 atom stereocenters. The number of hydrogen-bond donors (Lipinski definition) is 1. The van der Waals surface area contributed by atoms with Crippen molar-refractivity contribution >= 4 is 23.4 Å². The summed E-state index contributed by atoms with van der Waals surface area (Å²) in [5.74, 6) is 2.37. The molecule has 1 amide bonds. The van der Waals surface area contributed by atoms with E-state index in [1.165, 1.54) is 24.3 Å². The van der Waals surface area contributed by atoms with Crippen LogP contribution in [0.25, 0.3) is 0 Å². The first-order chi connectivity index (χ1) is 8.66. The first-order valence-electron chi connectivity index (χ1n) is 6.19. The van der Waals surface area contributed by atoms with E-state index in [-0.39, 0.29) is 5.91 Å². The molecule has 1 saturated heterocycles. The van der Waals surface area contributed by atoms with E-state index >= 15 is 0 Å². The largest absolute Gasteiger partial charge is 0.382 e. The van der Waals surface area contributed by atoms with Gasteiger partial charge < -0.3 is 10.2 Å². The Hall–Kier alpha value is -1.23. The van der Waals surface area contributed by atoms with Gasteiger partial charge in [-0.1, -0.05) is 0 Å². The van der Waals surface area contributed by atoms with Crippen molar-refractivity contribution in [3.05, 3.63) is 24.0 Å². The first-order valence-corrected chi connectivity index (χ1v) is 7.34. The van der Waals surface area contributed by atoms with Crippen LogP contribution in [0.15, 0.2) is 18.3 Å². The summed E-state index contributed by atoms with van der Waals surface area (Å²) >= 11 is 2.01. The van der Waals surface area contributed by atoms with Crippen molar-refractivity contribution < 1.29 is 4.79 Å². The highest BCUT2D eigenvalue weighted by molar-refractivity contribution is 7.99. The maximum atomic E-state index is 11.8. The van der Waals surface area contributed by atoms with Crippen molar-refractivity contribution in [3.63, 3.8) is 0 Å². The third-order valence-electron chi connectivity index (χ3n) is 2.98. The van der Waals surface area contributed by atoms with Crippen LogP contribution in [0.2, 0.25) is 0 Å².